The summed E-state index contributed by atoms with van der Waals surface area (Å²) in [7, 11) is -4.93. The molecule has 4 aliphatic carbocycles. The minimum Gasteiger partial charge on any atom is -0.393 e. The molecule has 39 heavy (non-hydrogen) atoms. The highest BCUT2D eigenvalue weighted by Crippen LogP contribution is 2.67. The Morgan fingerprint density at radius 3 is 2.13 bits per heavy atom. The van der Waals surface area contributed by atoms with Crippen LogP contribution in [0.15, 0.2) is 0 Å². The molecule has 0 amide bonds. The molecule has 7 unspecified atom stereocenters. The monoisotopic (exact) mass is 576 g/mol. The highest BCUT2D eigenvalue weighted by molar-refractivity contribution is 7.80. The molecule has 0 aliphatic heterocycles. The fraction of sp³-hybridized carbons (Fsp3) is 0.964. The van der Waals surface area contributed by atoms with E-state index in [1.165, 1.54) is 0 Å². The van der Waals surface area contributed by atoms with E-state index in [9.17, 15) is 43.3 Å². The Kier molecular flexibility index (Phi) is 8.47. The van der Waals surface area contributed by atoms with Crippen molar-refractivity contribution in [1.29, 1.82) is 0 Å². The van der Waals surface area contributed by atoms with Crippen LogP contribution in [0.4, 0.5) is 0 Å². The second-order valence-corrected chi connectivity index (χ2v) is 15.2. The van der Waals surface area contributed by atoms with E-state index in [1.807, 2.05) is 6.92 Å². The van der Waals surface area contributed by atoms with Crippen LogP contribution in [0.3, 0.4) is 0 Å². The van der Waals surface area contributed by atoms with Crippen molar-refractivity contribution in [2.75, 3.05) is 0 Å². The topological polar surface area (TPSA) is 182 Å². The maximum absolute atomic E-state index is 13.7. The molecule has 4 saturated carbocycles. The van der Waals surface area contributed by atoms with Crippen molar-refractivity contribution in [1.82, 2.24) is 0 Å². The smallest absolute Gasteiger partial charge is 0.393 e. The molecule has 4 aliphatic rings. The van der Waals surface area contributed by atoms with Gasteiger partial charge >= 0.3 is 10.4 Å². The van der Waals surface area contributed by atoms with Gasteiger partial charge < -0.3 is 25.5 Å². The largest absolute Gasteiger partial charge is 0.397 e. The molecule has 11 heteroatoms. The van der Waals surface area contributed by atoms with E-state index in [0.717, 1.165) is 0 Å². The predicted molar refractivity (Wildman–Crippen MR) is 141 cm³/mol. The molecule has 226 valence electrons. The quantitative estimate of drug-likeness (QED) is 0.243. The zero-order chi connectivity index (χ0) is 29.4. The molecular weight excluding hydrogens is 528 g/mol. The second-order valence-electron chi connectivity index (χ2n) is 14.1. The van der Waals surface area contributed by atoms with Gasteiger partial charge in [-0.3, -0.25) is 9.35 Å². The summed E-state index contributed by atoms with van der Waals surface area (Å²) in [5.74, 6) is -2.11. The first-order valence-electron chi connectivity index (χ1n) is 14.4. The number of hydrogen-bond acceptors (Lipinski definition) is 9. The average Bonchev–Trinajstić information content (AvgIpc) is 3.09. The summed E-state index contributed by atoms with van der Waals surface area (Å²) in [5, 5.41) is 55.5. The molecule has 15 atom stereocenters. The first-order chi connectivity index (χ1) is 17.8. The number of rotatable bonds is 7. The molecule has 4 fully saturated rings. The van der Waals surface area contributed by atoms with Crippen LogP contribution >= 0.6 is 0 Å². The number of Topliss-reactive ketones (excluding diaryl/α,β-unsaturated/α-hetero) is 1. The number of hydrogen-bond donors (Lipinski definition) is 6. The molecule has 0 radical (unpaired) electrons. The molecule has 0 aromatic carbocycles. The Labute approximate surface area is 232 Å². The third-order valence-electron chi connectivity index (χ3n) is 11.9. The summed E-state index contributed by atoms with van der Waals surface area (Å²) >= 11 is 0. The van der Waals surface area contributed by atoms with E-state index in [0.29, 0.717) is 31.1 Å². The molecule has 6 N–H and O–H groups in total. The number of carbonyl (C=O) groups is 1. The maximum atomic E-state index is 13.7. The first kappa shape index (κ1) is 31.3. The van der Waals surface area contributed by atoms with Crippen LogP contribution in [-0.2, 0) is 19.4 Å². The summed E-state index contributed by atoms with van der Waals surface area (Å²) in [6.45, 7) is 12.2. The Bertz CT molecular complexity index is 1030. The molecule has 0 heterocycles. The minimum atomic E-state index is -4.93. The van der Waals surface area contributed by atoms with Crippen molar-refractivity contribution in [3.8, 4) is 0 Å². The van der Waals surface area contributed by atoms with Gasteiger partial charge in [0.2, 0.25) is 0 Å². The van der Waals surface area contributed by atoms with Crippen molar-refractivity contribution in [3.63, 3.8) is 0 Å². The molecule has 0 spiro atoms. The van der Waals surface area contributed by atoms with Gasteiger partial charge in [0.15, 0.2) is 0 Å². The van der Waals surface area contributed by atoms with E-state index in [4.69, 9.17) is 4.18 Å². The number of aliphatic hydroxyl groups excluding tert-OH is 5. The van der Waals surface area contributed by atoms with Gasteiger partial charge in [-0.05, 0) is 66.1 Å². The van der Waals surface area contributed by atoms with Crippen molar-refractivity contribution in [2.24, 2.45) is 58.2 Å². The van der Waals surface area contributed by atoms with Crippen LogP contribution in [0.25, 0.3) is 0 Å². The lowest BCUT2D eigenvalue weighted by Crippen LogP contribution is -2.70. The van der Waals surface area contributed by atoms with Gasteiger partial charge in [-0.25, -0.2) is 4.18 Å². The number of carbonyl (C=O) groups excluding carboxylic acids is 1. The van der Waals surface area contributed by atoms with Crippen LogP contribution in [0.5, 0.6) is 0 Å². The van der Waals surface area contributed by atoms with E-state index >= 15 is 0 Å². The Morgan fingerprint density at radius 2 is 1.56 bits per heavy atom. The van der Waals surface area contributed by atoms with E-state index in [-0.39, 0.29) is 36.4 Å². The molecule has 0 aromatic rings. The molecule has 10 nitrogen and oxygen atoms in total. The summed E-state index contributed by atoms with van der Waals surface area (Å²) in [6.07, 6.45) is -6.15. The molecule has 0 aromatic heterocycles. The zero-order valence-corrected chi connectivity index (χ0v) is 24.7. The summed E-state index contributed by atoms with van der Waals surface area (Å²) in [4.78, 5) is 13.7. The maximum Gasteiger partial charge on any atom is 0.397 e. The van der Waals surface area contributed by atoms with Gasteiger partial charge in [0, 0.05) is 24.2 Å². The fourth-order valence-corrected chi connectivity index (χ4v) is 9.87. The minimum absolute atomic E-state index is 0.0106. The summed E-state index contributed by atoms with van der Waals surface area (Å²) < 4.78 is 37.0. The van der Waals surface area contributed by atoms with Gasteiger partial charge in [-0.2, -0.15) is 8.42 Å². The van der Waals surface area contributed by atoms with Crippen LogP contribution in [0.1, 0.15) is 73.6 Å². The number of aliphatic hydroxyl groups is 5. The third-order valence-corrected chi connectivity index (χ3v) is 12.4. The molecular formula is C28H48O10S. The predicted octanol–water partition coefficient (Wildman–Crippen LogP) is 1.57. The van der Waals surface area contributed by atoms with Gasteiger partial charge in [0.05, 0.1) is 24.4 Å². The highest BCUT2D eigenvalue weighted by atomic mass is 32.3. The van der Waals surface area contributed by atoms with Crippen molar-refractivity contribution in [2.45, 2.75) is 110 Å². The van der Waals surface area contributed by atoms with E-state index < -0.39 is 75.6 Å². The van der Waals surface area contributed by atoms with Crippen molar-refractivity contribution < 1.29 is 47.5 Å². The summed E-state index contributed by atoms with van der Waals surface area (Å²) in [5.41, 5.74) is -1.50. The molecule has 0 bridgehead atoms. The zero-order valence-electron chi connectivity index (χ0n) is 23.8. The van der Waals surface area contributed by atoms with E-state index in [2.05, 4.69) is 27.7 Å². The van der Waals surface area contributed by atoms with E-state index in [1.54, 1.807) is 6.92 Å². The van der Waals surface area contributed by atoms with Crippen LogP contribution in [0.2, 0.25) is 0 Å². The lowest BCUT2D eigenvalue weighted by atomic mass is 9.42. The normalized spacial score (nSPS) is 48.7. The number of ketones is 1. The fourth-order valence-electron chi connectivity index (χ4n) is 9.38. The third kappa shape index (κ3) is 5.13. The van der Waals surface area contributed by atoms with Gasteiger partial charge in [0.25, 0.3) is 0 Å². The average molecular weight is 577 g/mol. The van der Waals surface area contributed by atoms with Crippen LogP contribution in [0, 0.1) is 58.2 Å². The SMILES string of the molecule is CC(C)[C@@H](C)CC(O)[C@@H](C)[C@H]1CC(=O)[C@H]2[C@@H]3C(O)C(O)C4C(O)C(O)C(OS(=O)(=O)O)C[C@]4(C)[C@H]3CC[C@]12C. The van der Waals surface area contributed by atoms with Gasteiger partial charge in [-0.15, -0.1) is 0 Å². The second kappa shape index (κ2) is 10.6. The van der Waals surface area contributed by atoms with Crippen molar-refractivity contribution in [3.05, 3.63) is 0 Å². The van der Waals surface area contributed by atoms with Gasteiger partial charge in [-0.1, -0.05) is 41.5 Å². The summed E-state index contributed by atoms with van der Waals surface area (Å²) in [6, 6.07) is 0. The van der Waals surface area contributed by atoms with Crippen LogP contribution in [-0.4, -0.2) is 80.9 Å². The highest BCUT2D eigenvalue weighted by Gasteiger charge is 2.70. The van der Waals surface area contributed by atoms with Crippen molar-refractivity contribution >= 4 is 16.2 Å². The Balaban J connectivity index is 1.67. The number of fused-ring (bicyclic) bond motifs is 5. The lowest BCUT2D eigenvalue weighted by molar-refractivity contribution is -0.264. The van der Waals surface area contributed by atoms with Gasteiger partial charge in [0.1, 0.15) is 18.0 Å². The molecule has 0 saturated heterocycles. The first-order valence-corrected chi connectivity index (χ1v) is 15.8. The molecule has 4 rings (SSSR count). The Hall–Kier alpha value is -0.660. The Morgan fingerprint density at radius 1 is 0.974 bits per heavy atom. The standard InChI is InChI=1S/C28H48O10S/c1-12(2)13(3)9-17(29)14(4)16-10-18(30)21-20-15(7-8-27(16,21)5)28(6)11-19(38-39(35,36)37)23(31)25(33)22(28)26(34)24(20)32/h12-17,19-26,29,31-34H,7-11H2,1-6H3,(H,35,36,37)/t13-,14-,15-,16+,17?,19?,20+,21-,22?,23?,24?,25?,26?,27+,28+/m0/s1. The lowest BCUT2D eigenvalue weighted by Gasteiger charge is -2.64. The van der Waals surface area contributed by atoms with Crippen LogP contribution < -0.4 is 0 Å².